The highest BCUT2D eigenvalue weighted by atomic mass is 16.5. The molecule has 3 rings (SSSR count). The minimum Gasteiger partial charge on any atom is -0.497 e. The van der Waals surface area contributed by atoms with Gasteiger partial charge in [-0.15, -0.1) is 0 Å². The average Bonchev–Trinajstić information content (AvgIpc) is 2.96. The van der Waals surface area contributed by atoms with Gasteiger partial charge in [-0.3, -0.25) is 4.79 Å². The molecule has 2 unspecified atom stereocenters. The molecule has 0 aromatic heterocycles. The maximum absolute atomic E-state index is 12.5. The van der Waals surface area contributed by atoms with Crippen LogP contribution in [-0.2, 0) is 9.53 Å². The molecule has 2 fully saturated rings. The number of rotatable bonds is 2. The number of anilines is 1. The summed E-state index contributed by atoms with van der Waals surface area (Å²) in [5, 5.41) is 0. The zero-order valence-electron chi connectivity index (χ0n) is 11.4. The summed E-state index contributed by atoms with van der Waals surface area (Å²) >= 11 is 0. The van der Waals surface area contributed by atoms with Crippen molar-refractivity contribution in [3.8, 4) is 5.75 Å². The van der Waals surface area contributed by atoms with E-state index in [4.69, 9.17) is 9.47 Å². The van der Waals surface area contributed by atoms with E-state index in [9.17, 15) is 9.59 Å². The summed E-state index contributed by atoms with van der Waals surface area (Å²) in [6.45, 7) is 0.795. The summed E-state index contributed by atoms with van der Waals surface area (Å²) in [4.78, 5) is 27.7. The fourth-order valence-corrected chi connectivity index (χ4v) is 2.69. The Labute approximate surface area is 116 Å². The van der Waals surface area contributed by atoms with Gasteiger partial charge >= 0.3 is 6.03 Å². The van der Waals surface area contributed by atoms with Crippen LogP contribution in [0, 0.1) is 5.92 Å². The van der Waals surface area contributed by atoms with Gasteiger partial charge in [0.2, 0.25) is 5.91 Å². The number of benzene rings is 1. The average molecular weight is 276 g/mol. The summed E-state index contributed by atoms with van der Waals surface area (Å²) in [5.74, 6) is 0.210. The molecule has 3 amide bonds. The molecule has 1 aromatic rings. The molecule has 2 aliphatic rings. The predicted molar refractivity (Wildman–Crippen MR) is 71.7 cm³/mol. The summed E-state index contributed by atoms with van der Waals surface area (Å²) in [6.07, 6.45) is 0. The van der Waals surface area contributed by atoms with E-state index in [0.29, 0.717) is 24.7 Å². The van der Waals surface area contributed by atoms with Crippen molar-refractivity contribution >= 4 is 17.6 Å². The normalized spacial score (nSPS) is 25.9. The van der Waals surface area contributed by atoms with Crippen molar-refractivity contribution in [3.05, 3.63) is 24.3 Å². The topological polar surface area (TPSA) is 59.1 Å². The SMILES string of the molecule is COc1ccc(N2C(=O)C3COCC3N(C)C2=O)cc1. The van der Waals surface area contributed by atoms with Crippen molar-refractivity contribution in [2.24, 2.45) is 5.92 Å². The first-order chi connectivity index (χ1) is 9.63. The summed E-state index contributed by atoms with van der Waals surface area (Å²) in [5.41, 5.74) is 0.554. The van der Waals surface area contributed by atoms with Gasteiger partial charge in [-0.2, -0.15) is 0 Å². The minimum atomic E-state index is -0.313. The summed E-state index contributed by atoms with van der Waals surface area (Å²) < 4.78 is 10.4. The Morgan fingerprint density at radius 1 is 1.20 bits per heavy atom. The van der Waals surface area contributed by atoms with E-state index in [-0.39, 0.29) is 23.9 Å². The number of hydrogen-bond acceptors (Lipinski definition) is 4. The van der Waals surface area contributed by atoms with Gasteiger partial charge in [0.15, 0.2) is 0 Å². The van der Waals surface area contributed by atoms with Gasteiger partial charge in [0.25, 0.3) is 0 Å². The van der Waals surface area contributed by atoms with Crippen molar-refractivity contribution in [2.45, 2.75) is 6.04 Å². The van der Waals surface area contributed by atoms with Crippen molar-refractivity contribution in [1.29, 1.82) is 0 Å². The molecule has 2 saturated heterocycles. The van der Waals surface area contributed by atoms with Gasteiger partial charge in [-0.05, 0) is 24.3 Å². The fraction of sp³-hybridized carbons (Fsp3) is 0.429. The zero-order chi connectivity index (χ0) is 14.3. The Morgan fingerprint density at radius 3 is 2.55 bits per heavy atom. The molecule has 0 aliphatic carbocycles. The molecule has 20 heavy (non-hydrogen) atoms. The van der Waals surface area contributed by atoms with Crippen LogP contribution in [0.2, 0.25) is 0 Å². The van der Waals surface area contributed by atoms with Gasteiger partial charge in [0.1, 0.15) is 5.75 Å². The third kappa shape index (κ3) is 1.84. The van der Waals surface area contributed by atoms with Crippen LogP contribution >= 0.6 is 0 Å². The highest BCUT2D eigenvalue weighted by molar-refractivity contribution is 6.17. The predicted octanol–water partition coefficient (Wildman–Crippen LogP) is 1.11. The molecular weight excluding hydrogens is 260 g/mol. The highest BCUT2D eigenvalue weighted by Crippen LogP contribution is 2.31. The fourth-order valence-electron chi connectivity index (χ4n) is 2.69. The first-order valence-corrected chi connectivity index (χ1v) is 6.46. The van der Waals surface area contributed by atoms with E-state index >= 15 is 0 Å². The van der Waals surface area contributed by atoms with Crippen molar-refractivity contribution in [1.82, 2.24) is 4.90 Å². The van der Waals surface area contributed by atoms with Crippen LogP contribution < -0.4 is 9.64 Å². The number of carbonyl (C=O) groups excluding carboxylic acids is 2. The number of nitrogens with zero attached hydrogens (tertiary/aromatic N) is 2. The van der Waals surface area contributed by atoms with Crippen LogP contribution in [0.4, 0.5) is 10.5 Å². The maximum Gasteiger partial charge on any atom is 0.331 e. The Morgan fingerprint density at radius 2 is 1.90 bits per heavy atom. The van der Waals surface area contributed by atoms with Crippen LogP contribution in [-0.4, -0.2) is 50.3 Å². The third-order valence-corrected chi connectivity index (χ3v) is 3.91. The van der Waals surface area contributed by atoms with Crippen molar-refractivity contribution in [3.63, 3.8) is 0 Å². The first-order valence-electron chi connectivity index (χ1n) is 6.46. The number of amides is 3. The summed E-state index contributed by atoms with van der Waals surface area (Å²) in [7, 11) is 3.28. The Balaban J connectivity index is 1.94. The van der Waals surface area contributed by atoms with Crippen molar-refractivity contribution in [2.75, 3.05) is 32.3 Å². The number of urea groups is 1. The number of ether oxygens (including phenoxy) is 2. The minimum absolute atomic E-state index is 0.149. The smallest absolute Gasteiger partial charge is 0.331 e. The number of carbonyl (C=O) groups is 2. The molecule has 2 atom stereocenters. The number of imide groups is 1. The van der Waals surface area contributed by atoms with E-state index in [1.165, 1.54) is 4.90 Å². The number of methoxy groups -OCH3 is 1. The van der Waals surface area contributed by atoms with E-state index in [1.54, 1.807) is 43.3 Å². The van der Waals surface area contributed by atoms with Gasteiger partial charge < -0.3 is 14.4 Å². The Kier molecular flexibility index (Phi) is 3.10. The number of fused-ring (bicyclic) bond motifs is 1. The number of hydrogen-bond donors (Lipinski definition) is 0. The molecule has 0 saturated carbocycles. The molecular formula is C14H16N2O4. The maximum atomic E-state index is 12.5. The largest absolute Gasteiger partial charge is 0.497 e. The second kappa shape index (κ2) is 4.79. The molecule has 2 heterocycles. The molecule has 6 heteroatoms. The lowest BCUT2D eigenvalue weighted by atomic mass is 9.98. The van der Waals surface area contributed by atoms with E-state index < -0.39 is 0 Å². The second-order valence-electron chi connectivity index (χ2n) is 4.98. The van der Waals surface area contributed by atoms with Crippen LogP contribution in [0.3, 0.4) is 0 Å². The van der Waals surface area contributed by atoms with Crippen molar-refractivity contribution < 1.29 is 19.1 Å². The van der Waals surface area contributed by atoms with Gasteiger partial charge in [-0.25, -0.2) is 9.69 Å². The van der Waals surface area contributed by atoms with E-state index in [1.807, 2.05) is 0 Å². The molecule has 0 radical (unpaired) electrons. The monoisotopic (exact) mass is 276 g/mol. The van der Waals surface area contributed by atoms with Gasteiger partial charge in [0, 0.05) is 7.05 Å². The van der Waals surface area contributed by atoms with Crippen LogP contribution in [0.5, 0.6) is 5.75 Å². The molecule has 106 valence electrons. The van der Waals surface area contributed by atoms with E-state index in [2.05, 4.69) is 0 Å². The summed E-state index contributed by atoms with van der Waals surface area (Å²) in [6, 6.07) is 6.41. The molecule has 0 spiro atoms. The lowest BCUT2D eigenvalue weighted by molar-refractivity contribution is -0.124. The quantitative estimate of drug-likeness (QED) is 0.812. The molecule has 6 nitrogen and oxygen atoms in total. The van der Waals surface area contributed by atoms with Crippen LogP contribution in [0.1, 0.15) is 0 Å². The zero-order valence-corrected chi connectivity index (χ0v) is 11.4. The molecule has 1 aromatic carbocycles. The van der Waals surface area contributed by atoms with Crippen LogP contribution in [0.25, 0.3) is 0 Å². The standard InChI is InChI=1S/C14H16N2O4/c1-15-12-8-20-7-11(12)13(17)16(14(15)18)9-3-5-10(19-2)6-4-9/h3-6,11-12H,7-8H2,1-2H3. The van der Waals surface area contributed by atoms with Gasteiger partial charge in [0.05, 0.1) is 38.0 Å². The number of likely N-dealkylation sites (N-methyl/N-ethyl adjacent to an activating group) is 1. The van der Waals surface area contributed by atoms with Crippen LogP contribution in [0.15, 0.2) is 24.3 Å². The lowest BCUT2D eigenvalue weighted by Gasteiger charge is -2.38. The first kappa shape index (κ1) is 12.9. The third-order valence-electron chi connectivity index (χ3n) is 3.91. The van der Waals surface area contributed by atoms with E-state index in [0.717, 1.165) is 0 Å². The second-order valence-corrected chi connectivity index (χ2v) is 4.98. The lowest BCUT2D eigenvalue weighted by Crippen LogP contribution is -2.60. The Hall–Kier alpha value is -2.08. The Bertz CT molecular complexity index is 543. The van der Waals surface area contributed by atoms with Gasteiger partial charge in [-0.1, -0.05) is 0 Å². The molecule has 0 bridgehead atoms. The highest BCUT2D eigenvalue weighted by Gasteiger charge is 2.48. The molecule has 2 aliphatic heterocycles. The molecule has 0 N–H and O–H groups in total.